The normalized spacial score (nSPS) is 35.9. The summed E-state index contributed by atoms with van der Waals surface area (Å²) in [5.74, 6) is 2.19. The summed E-state index contributed by atoms with van der Waals surface area (Å²) in [6.07, 6.45) is 18.2. The van der Waals surface area contributed by atoms with Gasteiger partial charge in [0.1, 0.15) is 6.04 Å². The van der Waals surface area contributed by atoms with Crippen LogP contribution in [0, 0.1) is 46.3 Å². The van der Waals surface area contributed by atoms with E-state index in [9.17, 15) is 14.7 Å². The zero-order chi connectivity index (χ0) is 29.1. The largest absolute Gasteiger partial charge is 0.481 e. The van der Waals surface area contributed by atoms with Gasteiger partial charge in [0.15, 0.2) is 0 Å². The summed E-state index contributed by atoms with van der Waals surface area (Å²) >= 11 is 0. The van der Waals surface area contributed by atoms with Gasteiger partial charge in [-0.25, -0.2) is 0 Å². The van der Waals surface area contributed by atoms with Crippen LogP contribution in [-0.4, -0.2) is 39.4 Å². The molecule has 4 aliphatic carbocycles. The minimum atomic E-state index is -1.17. The number of nitrogens with two attached hydrogens (primary N) is 1. The van der Waals surface area contributed by atoms with Crippen LogP contribution < -0.4 is 5.73 Å². The standard InChI is InChI=1S/C28H44O.C5H9NO4/c1-18(2)19(3)7-8-20(4)24-11-12-25-23-10-9-21-17-22(29)13-15-27(21,5)26(23)14-16-28(24,25)6;6-3(5(9)10)1-2-4(7)8/h7-10,18-20,22,24-26,29H,11-17H2,1-6H3;3H,1-2,6H2,(H,7,8)(H,9,10)/b8-7+;/t19-,20+,22-,24+,25-,26-,27-,28+;/m0./s1. The van der Waals surface area contributed by atoms with Crippen LogP contribution in [-0.2, 0) is 9.59 Å². The second kappa shape index (κ2) is 12.7. The van der Waals surface area contributed by atoms with Gasteiger partial charge in [-0.1, -0.05) is 77.0 Å². The van der Waals surface area contributed by atoms with Crippen LogP contribution in [0.1, 0.15) is 99.3 Å². The molecule has 9 atom stereocenters. The van der Waals surface area contributed by atoms with E-state index in [4.69, 9.17) is 15.9 Å². The number of fused-ring (bicyclic) bond motifs is 5. The van der Waals surface area contributed by atoms with Crippen LogP contribution in [0.2, 0.25) is 0 Å². The molecule has 0 heterocycles. The van der Waals surface area contributed by atoms with Crippen molar-refractivity contribution in [2.24, 2.45) is 52.1 Å². The molecule has 6 heteroatoms. The highest BCUT2D eigenvalue weighted by molar-refractivity contribution is 5.74. The van der Waals surface area contributed by atoms with Crippen LogP contribution in [0.15, 0.2) is 35.5 Å². The maximum atomic E-state index is 10.2. The molecule has 0 aromatic carbocycles. The maximum Gasteiger partial charge on any atom is 0.320 e. The molecule has 0 aromatic rings. The van der Waals surface area contributed by atoms with Crippen molar-refractivity contribution < 1.29 is 24.9 Å². The molecular weight excluding hydrogens is 490 g/mol. The van der Waals surface area contributed by atoms with Gasteiger partial charge < -0.3 is 21.1 Å². The molecule has 0 aromatic heterocycles. The van der Waals surface area contributed by atoms with Crippen molar-refractivity contribution in [3.05, 3.63) is 35.5 Å². The highest BCUT2D eigenvalue weighted by Gasteiger charge is 2.56. The summed E-state index contributed by atoms with van der Waals surface area (Å²) < 4.78 is 0. The minimum absolute atomic E-state index is 0.0231. The number of hydrogen-bond acceptors (Lipinski definition) is 4. The van der Waals surface area contributed by atoms with Gasteiger partial charge in [-0.15, -0.1) is 0 Å². The van der Waals surface area contributed by atoms with Crippen molar-refractivity contribution in [1.29, 1.82) is 0 Å². The zero-order valence-corrected chi connectivity index (χ0v) is 25.0. The summed E-state index contributed by atoms with van der Waals surface area (Å²) in [6.45, 7) is 14.6. The number of aliphatic hydroxyl groups is 1. The molecule has 3 saturated carbocycles. The fourth-order valence-electron chi connectivity index (χ4n) is 8.00. The molecule has 0 spiro atoms. The topological polar surface area (TPSA) is 121 Å². The third-order valence-corrected chi connectivity index (χ3v) is 11.0. The monoisotopic (exact) mass is 543 g/mol. The first-order chi connectivity index (χ1) is 18.2. The first-order valence-corrected chi connectivity index (χ1v) is 15.2. The molecule has 0 radical (unpaired) electrons. The van der Waals surface area contributed by atoms with Crippen molar-refractivity contribution in [2.75, 3.05) is 0 Å². The fraction of sp³-hybridized carbons (Fsp3) is 0.758. The van der Waals surface area contributed by atoms with Crippen LogP contribution >= 0.6 is 0 Å². The first kappa shape index (κ1) is 31.6. The predicted molar refractivity (Wildman–Crippen MR) is 156 cm³/mol. The molecule has 4 rings (SSSR count). The zero-order valence-electron chi connectivity index (χ0n) is 25.0. The summed E-state index contributed by atoms with van der Waals surface area (Å²) in [7, 11) is 0. The van der Waals surface area contributed by atoms with E-state index in [0.717, 1.165) is 36.5 Å². The van der Waals surface area contributed by atoms with Crippen molar-refractivity contribution in [2.45, 2.75) is 111 Å². The number of allylic oxidation sites excluding steroid dienone is 5. The summed E-state index contributed by atoms with van der Waals surface area (Å²) in [5, 5.41) is 26.5. The Morgan fingerprint density at radius 3 is 2.31 bits per heavy atom. The summed E-state index contributed by atoms with van der Waals surface area (Å²) in [6, 6.07) is -1.06. The highest BCUT2D eigenvalue weighted by atomic mass is 16.4. The second-order valence-electron chi connectivity index (χ2n) is 13.7. The van der Waals surface area contributed by atoms with E-state index in [-0.39, 0.29) is 18.9 Å². The Morgan fingerprint density at radius 2 is 1.69 bits per heavy atom. The lowest BCUT2D eigenvalue weighted by Gasteiger charge is -2.55. The van der Waals surface area contributed by atoms with E-state index in [1.165, 1.54) is 37.7 Å². The number of hydrogen-bond donors (Lipinski definition) is 4. The smallest absolute Gasteiger partial charge is 0.320 e. The third-order valence-electron chi connectivity index (χ3n) is 11.0. The molecule has 3 fully saturated rings. The molecule has 5 N–H and O–H groups in total. The van der Waals surface area contributed by atoms with E-state index in [0.29, 0.717) is 22.7 Å². The van der Waals surface area contributed by atoms with Gasteiger partial charge in [-0.3, -0.25) is 9.59 Å². The van der Waals surface area contributed by atoms with Crippen LogP contribution in [0.25, 0.3) is 0 Å². The van der Waals surface area contributed by atoms with E-state index in [1.54, 1.807) is 5.57 Å². The Bertz CT molecular complexity index is 983. The Hall–Kier alpha value is -1.92. The number of rotatable bonds is 8. The highest BCUT2D eigenvalue weighted by Crippen LogP contribution is 2.66. The SMILES string of the molecule is CC(C)[C@@H](C)/C=C/[C@@H](C)[C@H]1CC[C@H]2C3=CC=C4C[C@@H](O)CC[C@]4(C)[C@H]3CC[C@]12C.NC(CCC(=O)O)C(=O)O. The number of aliphatic carboxylic acids is 2. The molecule has 39 heavy (non-hydrogen) atoms. The fourth-order valence-corrected chi connectivity index (χ4v) is 8.00. The Labute approximate surface area is 235 Å². The maximum absolute atomic E-state index is 10.2. The second-order valence-corrected chi connectivity index (χ2v) is 13.7. The van der Waals surface area contributed by atoms with Gasteiger partial charge in [0, 0.05) is 6.42 Å². The molecule has 4 aliphatic rings. The average molecular weight is 544 g/mol. The Morgan fingerprint density at radius 1 is 1.00 bits per heavy atom. The Kier molecular flexibility index (Phi) is 10.3. The lowest BCUT2D eigenvalue weighted by Crippen LogP contribution is -2.46. The number of carbonyl (C=O) groups is 2. The molecular formula is C33H53NO5. The predicted octanol–water partition coefficient (Wildman–Crippen LogP) is 6.59. The molecule has 0 saturated heterocycles. The third kappa shape index (κ3) is 6.87. The van der Waals surface area contributed by atoms with Crippen LogP contribution in [0.3, 0.4) is 0 Å². The van der Waals surface area contributed by atoms with Gasteiger partial charge in [0.2, 0.25) is 0 Å². The van der Waals surface area contributed by atoms with Gasteiger partial charge in [-0.05, 0) is 97.7 Å². The van der Waals surface area contributed by atoms with Crippen molar-refractivity contribution in [3.63, 3.8) is 0 Å². The van der Waals surface area contributed by atoms with E-state index < -0.39 is 18.0 Å². The van der Waals surface area contributed by atoms with Gasteiger partial charge >= 0.3 is 11.9 Å². The molecule has 6 nitrogen and oxygen atoms in total. The van der Waals surface area contributed by atoms with Crippen LogP contribution in [0.4, 0.5) is 0 Å². The van der Waals surface area contributed by atoms with E-state index in [1.807, 2.05) is 0 Å². The molecule has 220 valence electrons. The van der Waals surface area contributed by atoms with Gasteiger partial charge in [0.25, 0.3) is 0 Å². The first-order valence-electron chi connectivity index (χ1n) is 15.2. The van der Waals surface area contributed by atoms with Crippen LogP contribution in [0.5, 0.6) is 0 Å². The number of aliphatic hydroxyl groups excluding tert-OH is 1. The van der Waals surface area contributed by atoms with Gasteiger partial charge in [-0.2, -0.15) is 0 Å². The number of carboxylic acids is 2. The molecule has 0 bridgehead atoms. The lowest BCUT2D eigenvalue weighted by atomic mass is 9.50. The quantitative estimate of drug-likeness (QED) is 0.256. The van der Waals surface area contributed by atoms with Crippen molar-refractivity contribution in [1.82, 2.24) is 0 Å². The van der Waals surface area contributed by atoms with E-state index >= 15 is 0 Å². The molecule has 0 amide bonds. The number of carboxylic acid groups (broad SMARTS) is 2. The summed E-state index contributed by atoms with van der Waals surface area (Å²) in [5.41, 5.74) is 9.07. The summed E-state index contributed by atoms with van der Waals surface area (Å²) in [4.78, 5) is 19.9. The molecule has 1 unspecified atom stereocenters. The van der Waals surface area contributed by atoms with Crippen molar-refractivity contribution in [3.8, 4) is 0 Å². The van der Waals surface area contributed by atoms with E-state index in [2.05, 4.69) is 65.8 Å². The Balaban J connectivity index is 0.000000360. The average Bonchev–Trinajstić information content (AvgIpc) is 3.23. The molecule has 0 aliphatic heterocycles. The minimum Gasteiger partial charge on any atom is -0.481 e. The van der Waals surface area contributed by atoms with Gasteiger partial charge in [0.05, 0.1) is 6.10 Å². The van der Waals surface area contributed by atoms with Crippen molar-refractivity contribution >= 4 is 11.9 Å². The lowest BCUT2D eigenvalue weighted by molar-refractivity contribution is -0.139.